The normalized spacial score (nSPS) is 19.1. The number of carbonyl (C=O) groups excluding carboxylic acids is 2. The SMILES string of the molecule is CO[C@@H]1CCN(Cc2ccc(C#Cc3ccc(C(CNCC(C)F)CC4=NC=NC(=O)C4=O)cc3)cc2)C1. The molecule has 1 amide bonds. The highest BCUT2D eigenvalue weighted by Crippen LogP contribution is 2.22. The number of rotatable bonds is 10. The molecule has 0 bridgehead atoms. The Kier molecular flexibility index (Phi) is 9.66. The number of ether oxygens (including phenoxy) is 1. The number of nitrogens with zero attached hydrogens (tertiary/aromatic N) is 3. The fourth-order valence-electron chi connectivity index (χ4n) is 4.60. The Morgan fingerprint density at radius 3 is 2.39 bits per heavy atom. The fourth-order valence-corrected chi connectivity index (χ4v) is 4.60. The van der Waals surface area contributed by atoms with Gasteiger partial charge in [0, 0.05) is 63.3 Å². The summed E-state index contributed by atoms with van der Waals surface area (Å²) in [7, 11) is 1.77. The number of likely N-dealkylation sites (tertiary alicyclic amines) is 1. The number of aliphatic imine (C=N–C) groups is 2. The molecule has 1 N–H and O–H groups in total. The molecule has 2 aliphatic rings. The molecule has 38 heavy (non-hydrogen) atoms. The minimum atomic E-state index is -0.993. The molecule has 8 heteroatoms. The molecule has 0 radical (unpaired) electrons. The molecular formula is C30H33FN4O3. The molecule has 0 saturated carbocycles. The summed E-state index contributed by atoms with van der Waals surface area (Å²) in [5.74, 6) is 4.75. The number of methoxy groups -OCH3 is 1. The molecule has 0 aliphatic carbocycles. The van der Waals surface area contributed by atoms with Gasteiger partial charge in [-0.15, -0.1) is 0 Å². The molecule has 3 atom stereocenters. The first-order valence-corrected chi connectivity index (χ1v) is 12.9. The molecule has 0 aromatic heterocycles. The van der Waals surface area contributed by atoms with Crippen LogP contribution in [0, 0.1) is 11.8 Å². The van der Waals surface area contributed by atoms with Crippen LogP contribution in [0.3, 0.4) is 0 Å². The van der Waals surface area contributed by atoms with Crippen LogP contribution in [0.1, 0.15) is 47.9 Å². The van der Waals surface area contributed by atoms with E-state index in [0.717, 1.165) is 49.1 Å². The van der Waals surface area contributed by atoms with Crippen LogP contribution in [0.25, 0.3) is 0 Å². The van der Waals surface area contributed by atoms with Crippen molar-refractivity contribution in [1.82, 2.24) is 10.2 Å². The predicted octanol–water partition coefficient (Wildman–Crippen LogP) is 3.31. The lowest BCUT2D eigenvalue weighted by Crippen LogP contribution is -2.32. The van der Waals surface area contributed by atoms with E-state index in [4.69, 9.17) is 4.74 Å². The monoisotopic (exact) mass is 516 g/mol. The molecule has 1 fully saturated rings. The van der Waals surface area contributed by atoms with Crippen molar-refractivity contribution in [3.05, 3.63) is 70.8 Å². The van der Waals surface area contributed by atoms with Crippen molar-refractivity contribution >= 4 is 23.7 Å². The molecule has 4 rings (SSSR count). The maximum absolute atomic E-state index is 13.3. The van der Waals surface area contributed by atoms with Gasteiger partial charge in [0.1, 0.15) is 12.5 Å². The number of alkyl halides is 1. The van der Waals surface area contributed by atoms with Crippen molar-refractivity contribution in [3.63, 3.8) is 0 Å². The Bertz CT molecular complexity index is 1240. The first-order chi connectivity index (χ1) is 18.4. The van der Waals surface area contributed by atoms with E-state index in [0.29, 0.717) is 12.6 Å². The molecule has 2 unspecified atom stereocenters. The Balaban J connectivity index is 1.39. The predicted molar refractivity (Wildman–Crippen MR) is 146 cm³/mol. The lowest BCUT2D eigenvalue weighted by molar-refractivity contribution is -0.132. The Morgan fingerprint density at radius 1 is 1.08 bits per heavy atom. The van der Waals surface area contributed by atoms with E-state index in [1.54, 1.807) is 7.11 Å². The highest BCUT2D eigenvalue weighted by atomic mass is 19.1. The number of benzene rings is 2. The van der Waals surface area contributed by atoms with Crippen LogP contribution < -0.4 is 5.32 Å². The molecule has 198 valence electrons. The number of carbonyl (C=O) groups is 2. The second kappa shape index (κ2) is 13.3. The third-order valence-corrected chi connectivity index (χ3v) is 6.76. The number of halogens is 1. The van der Waals surface area contributed by atoms with Crippen LogP contribution in [-0.4, -0.2) is 74.2 Å². The Hall–Kier alpha value is -3.51. The van der Waals surface area contributed by atoms with E-state index in [1.165, 1.54) is 12.5 Å². The van der Waals surface area contributed by atoms with Gasteiger partial charge < -0.3 is 10.1 Å². The maximum Gasteiger partial charge on any atom is 0.320 e. The Morgan fingerprint density at radius 2 is 1.76 bits per heavy atom. The van der Waals surface area contributed by atoms with Crippen molar-refractivity contribution in [1.29, 1.82) is 0 Å². The lowest BCUT2D eigenvalue weighted by atomic mass is 9.91. The van der Waals surface area contributed by atoms with Gasteiger partial charge in [-0.05, 0) is 48.7 Å². The zero-order chi connectivity index (χ0) is 26.9. The van der Waals surface area contributed by atoms with Crippen LogP contribution in [0.15, 0.2) is 58.5 Å². The van der Waals surface area contributed by atoms with Gasteiger partial charge >= 0.3 is 5.91 Å². The summed E-state index contributed by atoms with van der Waals surface area (Å²) in [5, 5.41) is 3.10. The number of Topliss-reactive ketones (excluding diaryl/α,β-unsaturated/α-hetero) is 1. The highest BCUT2D eigenvalue weighted by molar-refractivity contribution is 6.66. The number of nitrogens with one attached hydrogen (secondary N) is 1. The van der Waals surface area contributed by atoms with Crippen LogP contribution in [0.5, 0.6) is 0 Å². The largest absolute Gasteiger partial charge is 0.380 e. The smallest absolute Gasteiger partial charge is 0.320 e. The summed E-state index contributed by atoms with van der Waals surface area (Å²) in [5.41, 5.74) is 4.17. The van der Waals surface area contributed by atoms with Gasteiger partial charge in [0.05, 0.1) is 11.8 Å². The van der Waals surface area contributed by atoms with Crippen molar-refractivity contribution in [2.45, 2.75) is 44.5 Å². The van der Waals surface area contributed by atoms with Crippen LogP contribution >= 0.6 is 0 Å². The standard InChI is InChI=1S/C30H33FN4O3/c1-21(31)16-32-17-26(15-28-29(36)30(37)34-20-33-28)25-11-9-23(10-12-25)4-3-22-5-7-24(8-6-22)18-35-14-13-27(19-35)38-2/h5-12,20-21,26-27,32H,13-19H2,1-2H3/t21?,26?,27-/m1/s1. The van der Waals surface area contributed by atoms with Crippen molar-refractivity contribution < 1.29 is 18.7 Å². The van der Waals surface area contributed by atoms with Gasteiger partial charge in [0.25, 0.3) is 5.78 Å². The molecule has 7 nitrogen and oxygen atoms in total. The minimum Gasteiger partial charge on any atom is -0.380 e. The highest BCUT2D eigenvalue weighted by Gasteiger charge is 2.26. The molecule has 0 spiro atoms. The van der Waals surface area contributed by atoms with E-state index >= 15 is 0 Å². The molecule has 1 saturated heterocycles. The second-order valence-corrected chi connectivity index (χ2v) is 9.75. The van der Waals surface area contributed by atoms with E-state index in [1.807, 2.05) is 36.4 Å². The third-order valence-electron chi connectivity index (χ3n) is 6.76. The van der Waals surface area contributed by atoms with Crippen molar-refractivity contribution in [2.24, 2.45) is 9.98 Å². The number of hydrogen-bond acceptors (Lipinski definition) is 6. The maximum atomic E-state index is 13.3. The number of ketones is 1. The number of hydrogen-bond donors (Lipinski definition) is 1. The van der Waals surface area contributed by atoms with E-state index in [2.05, 4.69) is 44.2 Å². The second-order valence-electron chi connectivity index (χ2n) is 9.75. The summed E-state index contributed by atoms with van der Waals surface area (Å²) >= 11 is 0. The molecular weight excluding hydrogens is 483 g/mol. The molecule has 2 heterocycles. The summed E-state index contributed by atoms with van der Waals surface area (Å²) in [4.78, 5) is 33.7. The summed E-state index contributed by atoms with van der Waals surface area (Å²) in [6, 6.07) is 16.1. The van der Waals surface area contributed by atoms with Crippen LogP contribution in [-0.2, 0) is 20.9 Å². The number of amides is 1. The van der Waals surface area contributed by atoms with Crippen molar-refractivity contribution in [2.75, 3.05) is 33.3 Å². The molecule has 2 aliphatic heterocycles. The van der Waals surface area contributed by atoms with Gasteiger partial charge in [-0.3, -0.25) is 14.5 Å². The fraction of sp³-hybridized carbons (Fsp3) is 0.400. The average molecular weight is 517 g/mol. The molecule has 2 aromatic rings. The Labute approximate surface area is 223 Å². The lowest BCUT2D eigenvalue weighted by Gasteiger charge is -2.19. The van der Waals surface area contributed by atoms with Gasteiger partial charge in [-0.25, -0.2) is 9.38 Å². The third kappa shape index (κ3) is 7.75. The van der Waals surface area contributed by atoms with E-state index in [9.17, 15) is 14.0 Å². The minimum absolute atomic E-state index is 0.167. The molecule has 2 aromatic carbocycles. The first kappa shape index (κ1) is 27.5. The van der Waals surface area contributed by atoms with E-state index in [-0.39, 0.29) is 24.6 Å². The zero-order valence-electron chi connectivity index (χ0n) is 21.8. The van der Waals surface area contributed by atoms with Crippen LogP contribution in [0.4, 0.5) is 4.39 Å². The van der Waals surface area contributed by atoms with Gasteiger partial charge in [0.15, 0.2) is 0 Å². The zero-order valence-corrected chi connectivity index (χ0v) is 21.8. The first-order valence-electron chi connectivity index (χ1n) is 12.9. The van der Waals surface area contributed by atoms with Gasteiger partial charge in [-0.1, -0.05) is 36.1 Å². The van der Waals surface area contributed by atoms with Crippen molar-refractivity contribution in [3.8, 4) is 11.8 Å². The average Bonchev–Trinajstić information content (AvgIpc) is 3.38. The van der Waals surface area contributed by atoms with Gasteiger partial charge in [-0.2, -0.15) is 4.99 Å². The summed E-state index contributed by atoms with van der Waals surface area (Å²) in [6.07, 6.45) is 1.79. The summed E-state index contributed by atoms with van der Waals surface area (Å²) < 4.78 is 18.8. The van der Waals surface area contributed by atoms with E-state index < -0.39 is 17.9 Å². The van der Waals surface area contributed by atoms with Crippen LogP contribution in [0.2, 0.25) is 0 Å². The summed E-state index contributed by atoms with van der Waals surface area (Å²) in [6.45, 7) is 5.05. The van der Waals surface area contributed by atoms with Gasteiger partial charge in [0.2, 0.25) is 0 Å². The topological polar surface area (TPSA) is 83.4 Å². The quantitative estimate of drug-likeness (QED) is 0.387.